The van der Waals surface area contributed by atoms with Crippen LogP contribution in [0.5, 0.6) is 5.75 Å². The zero-order chi connectivity index (χ0) is 20.2. The minimum absolute atomic E-state index is 0.0672. The summed E-state index contributed by atoms with van der Waals surface area (Å²) >= 11 is 0. The lowest BCUT2D eigenvalue weighted by Crippen LogP contribution is -2.30. The predicted octanol–water partition coefficient (Wildman–Crippen LogP) is 3.59. The van der Waals surface area contributed by atoms with E-state index in [0.29, 0.717) is 24.5 Å². The van der Waals surface area contributed by atoms with Crippen molar-refractivity contribution in [2.24, 2.45) is 0 Å². The monoisotopic (exact) mass is 390 g/mol. The van der Waals surface area contributed by atoms with Gasteiger partial charge >= 0.3 is 0 Å². The van der Waals surface area contributed by atoms with E-state index >= 15 is 0 Å². The maximum Gasteiger partial charge on any atom is 0.259 e. The molecule has 0 aliphatic heterocycles. The van der Waals surface area contributed by atoms with Crippen LogP contribution in [0.1, 0.15) is 35.3 Å². The zero-order valence-electron chi connectivity index (χ0n) is 16.4. The van der Waals surface area contributed by atoms with Gasteiger partial charge in [0.25, 0.3) is 5.91 Å². The summed E-state index contributed by atoms with van der Waals surface area (Å²) in [5, 5.41) is 2.82. The van der Waals surface area contributed by atoms with Gasteiger partial charge in [-0.05, 0) is 55.3 Å². The van der Waals surface area contributed by atoms with Gasteiger partial charge < -0.3 is 10.1 Å². The summed E-state index contributed by atoms with van der Waals surface area (Å²) in [5.41, 5.74) is 2.87. The van der Waals surface area contributed by atoms with Crippen LogP contribution in [0.25, 0.3) is 0 Å². The van der Waals surface area contributed by atoms with Crippen LogP contribution in [0.4, 0.5) is 5.69 Å². The summed E-state index contributed by atoms with van der Waals surface area (Å²) in [6, 6.07) is 10.0. The largest absolute Gasteiger partial charge is 0.496 e. The van der Waals surface area contributed by atoms with E-state index < -0.39 is 15.9 Å². The number of aryl methyl sites for hydroxylation is 2. The van der Waals surface area contributed by atoms with Crippen LogP contribution in [0, 0.1) is 13.8 Å². The van der Waals surface area contributed by atoms with Crippen molar-refractivity contribution < 1.29 is 17.9 Å². The molecule has 0 unspecified atom stereocenters. The van der Waals surface area contributed by atoms with Crippen molar-refractivity contribution in [1.29, 1.82) is 0 Å². The lowest BCUT2D eigenvalue weighted by Gasteiger charge is -2.19. The SMILES string of the molecule is CCN(CC)S(=O)(=O)c1ccc(OC)c(C(=O)Nc2cc(C)cc(C)c2)c1. The summed E-state index contributed by atoms with van der Waals surface area (Å²) in [4.78, 5) is 12.9. The van der Waals surface area contributed by atoms with Gasteiger partial charge in [-0.1, -0.05) is 19.9 Å². The molecule has 7 heteroatoms. The number of nitrogens with zero attached hydrogens (tertiary/aromatic N) is 1. The Hall–Kier alpha value is -2.38. The van der Waals surface area contributed by atoms with E-state index in [2.05, 4.69) is 5.32 Å². The number of amides is 1. The van der Waals surface area contributed by atoms with Gasteiger partial charge in [0.2, 0.25) is 10.0 Å². The van der Waals surface area contributed by atoms with Crippen LogP contribution in [0.15, 0.2) is 41.3 Å². The fraction of sp³-hybridized carbons (Fsp3) is 0.350. The maximum absolute atomic E-state index is 12.8. The molecule has 146 valence electrons. The number of rotatable bonds is 7. The molecule has 0 spiro atoms. The van der Waals surface area contributed by atoms with Crippen molar-refractivity contribution in [2.45, 2.75) is 32.6 Å². The lowest BCUT2D eigenvalue weighted by molar-refractivity contribution is 0.102. The summed E-state index contributed by atoms with van der Waals surface area (Å²) in [6.45, 7) is 8.15. The van der Waals surface area contributed by atoms with E-state index in [4.69, 9.17) is 4.74 Å². The van der Waals surface area contributed by atoms with Crippen LogP contribution < -0.4 is 10.1 Å². The average molecular weight is 391 g/mol. The van der Waals surface area contributed by atoms with Crippen LogP contribution in [-0.2, 0) is 10.0 Å². The molecule has 2 aromatic rings. The molecule has 1 N–H and O–H groups in total. The standard InChI is InChI=1S/C20H26N2O4S/c1-6-22(7-2)27(24,25)17-8-9-19(26-5)18(13-17)20(23)21-16-11-14(3)10-15(4)12-16/h8-13H,6-7H2,1-5H3,(H,21,23). The Labute approximate surface area is 161 Å². The summed E-state index contributed by atoms with van der Waals surface area (Å²) < 4.78 is 32.2. The molecule has 0 saturated heterocycles. The highest BCUT2D eigenvalue weighted by molar-refractivity contribution is 7.89. The molecule has 0 radical (unpaired) electrons. The Bertz CT molecular complexity index is 915. The van der Waals surface area contributed by atoms with E-state index in [1.165, 1.54) is 29.6 Å². The van der Waals surface area contributed by atoms with E-state index in [1.54, 1.807) is 13.8 Å². The van der Waals surface area contributed by atoms with Gasteiger partial charge in [-0.25, -0.2) is 8.42 Å². The van der Waals surface area contributed by atoms with E-state index in [1.807, 2.05) is 32.0 Å². The number of anilines is 1. The number of carbonyl (C=O) groups is 1. The summed E-state index contributed by atoms with van der Waals surface area (Å²) in [5.74, 6) is -0.108. The van der Waals surface area contributed by atoms with Crippen molar-refractivity contribution in [2.75, 3.05) is 25.5 Å². The van der Waals surface area contributed by atoms with Crippen LogP contribution in [0.2, 0.25) is 0 Å². The number of benzene rings is 2. The first-order chi connectivity index (χ1) is 12.7. The predicted molar refractivity (Wildman–Crippen MR) is 107 cm³/mol. The topological polar surface area (TPSA) is 75.7 Å². The van der Waals surface area contributed by atoms with E-state index in [9.17, 15) is 13.2 Å². The number of carbonyl (C=O) groups excluding carboxylic acids is 1. The van der Waals surface area contributed by atoms with E-state index in [-0.39, 0.29) is 10.5 Å². The molecular formula is C20H26N2O4S. The van der Waals surface area contributed by atoms with Crippen LogP contribution in [0.3, 0.4) is 0 Å². The van der Waals surface area contributed by atoms with Crippen molar-refractivity contribution in [1.82, 2.24) is 4.31 Å². The Morgan fingerprint density at radius 1 is 1.04 bits per heavy atom. The van der Waals surface area contributed by atoms with Gasteiger partial charge in [-0.3, -0.25) is 4.79 Å². The summed E-state index contributed by atoms with van der Waals surface area (Å²) in [6.07, 6.45) is 0. The number of methoxy groups -OCH3 is 1. The van der Waals surface area contributed by atoms with Crippen molar-refractivity contribution in [3.8, 4) is 5.75 Å². The molecule has 6 nitrogen and oxygen atoms in total. The minimum atomic E-state index is -3.67. The molecule has 0 aliphatic rings. The summed E-state index contributed by atoms with van der Waals surface area (Å²) in [7, 11) is -2.22. The molecule has 27 heavy (non-hydrogen) atoms. The number of hydrogen-bond donors (Lipinski definition) is 1. The molecule has 0 fully saturated rings. The molecule has 0 bridgehead atoms. The molecule has 0 atom stereocenters. The molecule has 0 saturated carbocycles. The Kier molecular flexibility index (Phi) is 6.62. The Balaban J connectivity index is 2.44. The highest BCUT2D eigenvalue weighted by Crippen LogP contribution is 2.26. The van der Waals surface area contributed by atoms with Crippen LogP contribution >= 0.6 is 0 Å². The second-order valence-corrected chi connectivity index (χ2v) is 8.22. The van der Waals surface area contributed by atoms with Crippen molar-refractivity contribution >= 4 is 21.6 Å². The molecule has 0 aliphatic carbocycles. The van der Waals surface area contributed by atoms with Crippen LogP contribution in [-0.4, -0.2) is 38.8 Å². The first-order valence-corrected chi connectivity index (χ1v) is 10.2. The van der Waals surface area contributed by atoms with Gasteiger partial charge in [0, 0.05) is 18.8 Å². The number of nitrogens with one attached hydrogen (secondary N) is 1. The smallest absolute Gasteiger partial charge is 0.259 e. The molecule has 2 aromatic carbocycles. The first-order valence-electron chi connectivity index (χ1n) is 8.80. The van der Waals surface area contributed by atoms with E-state index in [0.717, 1.165) is 11.1 Å². The van der Waals surface area contributed by atoms with Gasteiger partial charge in [0.1, 0.15) is 5.75 Å². The fourth-order valence-corrected chi connectivity index (χ4v) is 4.47. The molecule has 2 rings (SSSR count). The second kappa shape index (κ2) is 8.54. The lowest BCUT2D eigenvalue weighted by atomic mass is 10.1. The Morgan fingerprint density at radius 2 is 1.63 bits per heavy atom. The Morgan fingerprint density at radius 3 is 2.15 bits per heavy atom. The maximum atomic E-state index is 12.8. The molecule has 0 heterocycles. The number of hydrogen-bond acceptors (Lipinski definition) is 4. The van der Waals surface area contributed by atoms with Gasteiger partial charge in [-0.15, -0.1) is 0 Å². The van der Waals surface area contributed by atoms with Crippen molar-refractivity contribution in [3.63, 3.8) is 0 Å². The van der Waals surface area contributed by atoms with Gasteiger partial charge in [-0.2, -0.15) is 4.31 Å². The molecule has 1 amide bonds. The fourth-order valence-electron chi connectivity index (χ4n) is 2.98. The molecule has 0 aromatic heterocycles. The second-order valence-electron chi connectivity index (χ2n) is 6.28. The molecular weight excluding hydrogens is 364 g/mol. The third-order valence-electron chi connectivity index (χ3n) is 4.24. The normalized spacial score (nSPS) is 11.5. The third-order valence-corrected chi connectivity index (χ3v) is 6.28. The van der Waals surface area contributed by atoms with Crippen molar-refractivity contribution in [3.05, 3.63) is 53.1 Å². The third kappa shape index (κ3) is 4.67. The van der Waals surface area contributed by atoms with Gasteiger partial charge in [0.05, 0.1) is 17.6 Å². The minimum Gasteiger partial charge on any atom is -0.496 e. The highest BCUT2D eigenvalue weighted by Gasteiger charge is 2.24. The number of ether oxygens (including phenoxy) is 1. The zero-order valence-corrected chi connectivity index (χ0v) is 17.2. The number of sulfonamides is 1. The highest BCUT2D eigenvalue weighted by atomic mass is 32.2. The quantitative estimate of drug-likeness (QED) is 0.784. The van der Waals surface area contributed by atoms with Gasteiger partial charge in [0.15, 0.2) is 0 Å². The average Bonchev–Trinajstić information content (AvgIpc) is 2.61. The first kappa shape index (κ1) is 20.9.